The molecule has 0 aliphatic rings. The molecule has 0 saturated carbocycles. The molecule has 0 fully saturated rings. The summed E-state index contributed by atoms with van der Waals surface area (Å²) in [6, 6.07) is 2.00. The fraction of sp³-hybridized carbons (Fsp3) is 0.111. The van der Waals surface area contributed by atoms with Crippen LogP contribution in [0.25, 0.3) is 5.82 Å². The van der Waals surface area contributed by atoms with Crippen LogP contribution in [0.2, 0.25) is 0 Å². The average Bonchev–Trinajstić information content (AvgIpc) is 2.86. The lowest BCUT2D eigenvalue weighted by Gasteiger charge is -2.06. The summed E-state index contributed by atoms with van der Waals surface area (Å²) in [6.07, 6.45) is -2.59. The lowest BCUT2D eigenvalue weighted by atomic mass is 10.3. The highest BCUT2D eigenvalue weighted by molar-refractivity contribution is 5.93. The van der Waals surface area contributed by atoms with Crippen LogP contribution in [0.5, 0.6) is 0 Å². The number of hydrogen-bond donors (Lipinski definition) is 2. The number of nitrogens with two attached hydrogens (primary N) is 1. The Kier molecular flexibility index (Phi) is 3.07. The molecule has 0 amide bonds. The molecule has 0 spiro atoms. The maximum atomic E-state index is 12.3. The molecule has 0 aliphatic carbocycles. The molecule has 2 heterocycles. The molecule has 0 atom stereocenters. The highest BCUT2D eigenvalue weighted by Crippen LogP contribution is 2.28. The fourth-order valence-electron chi connectivity index (χ4n) is 1.22. The van der Waals surface area contributed by atoms with Crippen molar-refractivity contribution in [1.29, 1.82) is 0 Å². The number of pyridine rings is 1. The predicted octanol–water partition coefficient (Wildman–Crippen LogP) is 0.776. The van der Waals surface area contributed by atoms with Crippen LogP contribution < -0.4 is 5.73 Å². The number of amidine groups is 1. The topological polar surface area (TPSA) is 102 Å². The van der Waals surface area contributed by atoms with Crippen molar-refractivity contribution in [3.8, 4) is 5.82 Å². The molecule has 0 unspecified atom stereocenters. The van der Waals surface area contributed by atoms with Crippen LogP contribution in [-0.4, -0.2) is 30.8 Å². The van der Waals surface area contributed by atoms with Gasteiger partial charge in [0, 0.05) is 6.20 Å². The van der Waals surface area contributed by atoms with Crippen molar-refractivity contribution in [3.05, 3.63) is 36.0 Å². The van der Waals surface area contributed by atoms with E-state index in [9.17, 15) is 13.2 Å². The van der Waals surface area contributed by atoms with Crippen molar-refractivity contribution in [2.24, 2.45) is 10.9 Å². The summed E-state index contributed by atoms with van der Waals surface area (Å²) in [5, 5.41) is 14.9. The van der Waals surface area contributed by atoms with Crippen molar-refractivity contribution in [1.82, 2.24) is 19.7 Å². The Labute approximate surface area is 104 Å². The molecule has 3 N–H and O–H groups in total. The first-order valence-electron chi connectivity index (χ1n) is 4.85. The first-order valence-corrected chi connectivity index (χ1v) is 4.85. The van der Waals surface area contributed by atoms with Gasteiger partial charge in [-0.25, -0.2) is 14.6 Å². The highest BCUT2D eigenvalue weighted by Gasteiger charge is 2.30. The van der Waals surface area contributed by atoms with Gasteiger partial charge in [-0.05, 0) is 12.1 Å². The second-order valence-electron chi connectivity index (χ2n) is 3.40. The summed E-state index contributed by atoms with van der Waals surface area (Å²) in [6.45, 7) is 0. The van der Waals surface area contributed by atoms with Gasteiger partial charge in [-0.1, -0.05) is 5.16 Å². The zero-order valence-corrected chi connectivity index (χ0v) is 9.20. The van der Waals surface area contributed by atoms with Crippen LogP contribution in [0, 0.1) is 0 Å². The van der Waals surface area contributed by atoms with Gasteiger partial charge >= 0.3 is 6.18 Å². The summed E-state index contributed by atoms with van der Waals surface area (Å²) in [7, 11) is 0. The van der Waals surface area contributed by atoms with Gasteiger partial charge in [0.2, 0.25) is 11.7 Å². The number of halogens is 3. The third-order valence-corrected chi connectivity index (χ3v) is 2.14. The van der Waals surface area contributed by atoms with Gasteiger partial charge in [0.15, 0.2) is 5.82 Å². The van der Waals surface area contributed by atoms with Gasteiger partial charge in [0.1, 0.15) is 6.33 Å². The summed E-state index contributed by atoms with van der Waals surface area (Å²) >= 11 is 0. The number of aromatic nitrogens is 4. The van der Waals surface area contributed by atoms with E-state index in [1.54, 1.807) is 0 Å². The Morgan fingerprint density at radius 3 is 2.58 bits per heavy atom. The molecule has 10 heteroatoms. The van der Waals surface area contributed by atoms with Crippen LogP contribution >= 0.6 is 0 Å². The van der Waals surface area contributed by atoms with Crippen LogP contribution in [0.1, 0.15) is 11.4 Å². The molecule has 7 nitrogen and oxygen atoms in total. The Bertz CT molecular complexity index is 603. The Balaban J connectivity index is 2.30. The van der Waals surface area contributed by atoms with Gasteiger partial charge in [0.25, 0.3) is 0 Å². The quantitative estimate of drug-likeness (QED) is 0.364. The monoisotopic (exact) mass is 272 g/mol. The minimum atomic E-state index is -4.45. The molecular weight excluding hydrogens is 265 g/mol. The van der Waals surface area contributed by atoms with Crippen molar-refractivity contribution in [2.75, 3.05) is 0 Å². The number of nitrogens with zero attached hydrogens (tertiary/aromatic N) is 5. The normalized spacial score (nSPS) is 12.7. The lowest BCUT2D eigenvalue weighted by Crippen LogP contribution is -2.15. The minimum absolute atomic E-state index is 0.0656. The van der Waals surface area contributed by atoms with Crippen molar-refractivity contribution < 1.29 is 18.4 Å². The molecule has 0 saturated heterocycles. The Morgan fingerprint density at radius 1 is 1.32 bits per heavy atom. The molecular formula is C9H7F3N6O. The third kappa shape index (κ3) is 2.61. The summed E-state index contributed by atoms with van der Waals surface area (Å²) in [4.78, 5) is 7.32. The summed E-state index contributed by atoms with van der Waals surface area (Å²) < 4.78 is 38.1. The molecule has 0 bridgehead atoms. The Hall–Kier alpha value is -2.65. The molecule has 0 radical (unpaired) electrons. The van der Waals surface area contributed by atoms with Crippen LogP contribution in [0.4, 0.5) is 13.2 Å². The molecule has 2 aromatic rings. The van der Waals surface area contributed by atoms with Crippen LogP contribution in [-0.2, 0) is 6.18 Å². The van der Waals surface area contributed by atoms with E-state index in [4.69, 9.17) is 10.9 Å². The number of rotatable bonds is 2. The van der Waals surface area contributed by atoms with E-state index in [2.05, 4.69) is 20.2 Å². The lowest BCUT2D eigenvalue weighted by molar-refractivity contribution is -0.137. The molecule has 2 aromatic heterocycles. The van der Waals surface area contributed by atoms with E-state index in [0.29, 0.717) is 6.20 Å². The second-order valence-corrected chi connectivity index (χ2v) is 3.40. The van der Waals surface area contributed by atoms with Gasteiger partial charge in [-0.2, -0.15) is 13.2 Å². The van der Waals surface area contributed by atoms with E-state index in [1.165, 1.54) is 6.33 Å². The van der Waals surface area contributed by atoms with Gasteiger partial charge in [-0.15, -0.1) is 5.10 Å². The Morgan fingerprint density at radius 2 is 2.05 bits per heavy atom. The van der Waals surface area contributed by atoms with Gasteiger partial charge in [-0.3, -0.25) is 0 Å². The van der Waals surface area contributed by atoms with Crippen LogP contribution in [0.15, 0.2) is 29.8 Å². The smallest absolute Gasteiger partial charge is 0.409 e. The maximum Gasteiger partial charge on any atom is 0.417 e. The number of hydrogen-bond acceptors (Lipinski definition) is 5. The molecule has 19 heavy (non-hydrogen) atoms. The van der Waals surface area contributed by atoms with Crippen LogP contribution in [0.3, 0.4) is 0 Å². The summed E-state index contributed by atoms with van der Waals surface area (Å²) in [5.41, 5.74) is 4.39. The number of oxime groups is 1. The van der Waals surface area contributed by atoms with E-state index < -0.39 is 11.7 Å². The second kappa shape index (κ2) is 4.55. The average molecular weight is 272 g/mol. The fourth-order valence-corrected chi connectivity index (χ4v) is 1.22. The SMILES string of the molecule is NC(=NO)c1ncn(-c2ccc(C(F)(F)F)cn2)n1. The molecule has 0 aliphatic heterocycles. The molecule has 2 rings (SSSR count). The predicted molar refractivity (Wildman–Crippen MR) is 56.7 cm³/mol. The van der Waals surface area contributed by atoms with E-state index in [1.807, 2.05) is 0 Å². The first kappa shape index (κ1) is 12.8. The third-order valence-electron chi connectivity index (χ3n) is 2.14. The van der Waals surface area contributed by atoms with E-state index >= 15 is 0 Å². The first-order chi connectivity index (χ1) is 8.91. The zero-order chi connectivity index (χ0) is 14.0. The highest BCUT2D eigenvalue weighted by atomic mass is 19.4. The molecule has 100 valence electrons. The maximum absolute atomic E-state index is 12.3. The minimum Gasteiger partial charge on any atom is -0.409 e. The van der Waals surface area contributed by atoms with E-state index in [-0.39, 0.29) is 17.5 Å². The zero-order valence-electron chi connectivity index (χ0n) is 9.20. The standard InChI is InChI=1S/C9H7F3N6O/c10-9(11,12)5-1-2-6(14-3-5)18-4-15-8(16-18)7(13)17-19/h1-4,19H,(H2,13,17). The van der Waals surface area contributed by atoms with Gasteiger partial charge < -0.3 is 10.9 Å². The van der Waals surface area contributed by atoms with Crippen molar-refractivity contribution in [2.45, 2.75) is 6.18 Å². The van der Waals surface area contributed by atoms with E-state index in [0.717, 1.165) is 16.8 Å². The largest absolute Gasteiger partial charge is 0.417 e. The molecule has 0 aromatic carbocycles. The van der Waals surface area contributed by atoms with Crippen molar-refractivity contribution >= 4 is 5.84 Å². The summed E-state index contributed by atoms with van der Waals surface area (Å²) in [5.74, 6) is -0.257. The number of alkyl halides is 3. The van der Waals surface area contributed by atoms with Crippen molar-refractivity contribution in [3.63, 3.8) is 0 Å². The van der Waals surface area contributed by atoms with Gasteiger partial charge in [0.05, 0.1) is 5.56 Å².